The summed E-state index contributed by atoms with van der Waals surface area (Å²) in [6.07, 6.45) is 12.4. The van der Waals surface area contributed by atoms with Gasteiger partial charge in [0.2, 0.25) is 23.6 Å². The fraction of sp³-hybridized carbons (Fsp3) is 0.414. The molecule has 4 amide bonds. The maximum atomic E-state index is 9.81. The van der Waals surface area contributed by atoms with E-state index in [9.17, 15) is 24.0 Å². The Labute approximate surface area is 251 Å². The number of aliphatic hydroxyl groups excluding tert-OH is 1. The highest BCUT2D eigenvalue weighted by atomic mass is 16.3. The van der Waals surface area contributed by atoms with Crippen LogP contribution in [0.2, 0.25) is 0 Å². The average Bonchev–Trinajstić information content (AvgIpc) is 2.90. The van der Waals surface area contributed by atoms with Crippen molar-refractivity contribution in [1.82, 2.24) is 15.6 Å². The van der Waals surface area contributed by atoms with Crippen LogP contribution in [0.3, 0.4) is 0 Å². The summed E-state index contributed by atoms with van der Waals surface area (Å²) in [5.74, 6) is 0.549. The van der Waals surface area contributed by atoms with Crippen LogP contribution in [0.5, 0.6) is 0 Å². The number of aliphatic hydroxyl groups is 1. The van der Waals surface area contributed by atoms with Gasteiger partial charge in [0.1, 0.15) is 11.6 Å². The van der Waals surface area contributed by atoms with E-state index >= 15 is 0 Å². The largest absolute Gasteiger partial charge is 0.513 e. The molecule has 0 aliphatic heterocycles. The number of rotatable bonds is 1. The van der Waals surface area contributed by atoms with Crippen molar-refractivity contribution in [3.8, 4) is 0 Å². The van der Waals surface area contributed by atoms with Gasteiger partial charge in [0.25, 0.3) is 0 Å². The fourth-order valence-electron chi connectivity index (χ4n) is 0.889. The maximum Gasteiger partial charge on any atom is 0.216 e. The second kappa shape index (κ2) is 40.7. The number of hydrogen-bond donors (Lipinski definition) is 7. The highest BCUT2D eigenvalue weighted by Gasteiger charge is 1.87. The van der Waals surface area contributed by atoms with Crippen LogP contribution in [0.25, 0.3) is 0 Å². The molecule has 0 atom stereocenters. The second-order valence-electron chi connectivity index (χ2n) is 7.59. The van der Waals surface area contributed by atoms with Crippen LogP contribution in [0, 0.1) is 5.41 Å². The van der Waals surface area contributed by atoms with E-state index in [1.54, 1.807) is 59.3 Å². The minimum absolute atomic E-state index is 0.00463. The van der Waals surface area contributed by atoms with Crippen molar-refractivity contribution in [1.29, 1.82) is 5.41 Å². The normalized spacial score (nSPS) is 9.57. The van der Waals surface area contributed by atoms with Gasteiger partial charge in [-0.15, -0.1) is 0 Å². The topological polar surface area (TPSA) is 244 Å². The zero-order valence-electron chi connectivity index (χ0n) is 26.8. The standard InChI is InChI=1S/C6H7N.C5H6N2.2C4H8O.2C3H7NO.2C2H5NO/c7-6-4-2-1-3-5-6;6-5-3-1-2-4-7-5;2*1-3-4(2)5;2*1-3(5)4-2;2*1-2(3)4/h1-4,7H,5H2;1-4H,(H2,6,7);3H2,1-2H3;3,5H,1-2H3;2*1-2H3,(H,4,5);2*1H3,(H2,3,4)/b;;;4-3-;;;;. The van der Waals surface area contributed by atoms with Crippen LogP contribution in [0.4, 0.5) is 5.82 Å². The average molecular weight is 596 g/mol. The van der Waals surface area contributed by atoms with Crippen LogP contribution < -0.4 is 27.8 Å². The van der Waals surface area contributed by atoms with Crippen molar-refractivity contribution in [3.05, 3.63) is 60.5 Å². The monoisotopic (exact) mass is 595 g/mol. The van der Waals surface area contributed by atoms with Gasteiger partial charge in [-0.05, 0) is 39.0 Å². The van der Waals surface area contributed by atoms with E-state index in [1.807, 2.05) is 37.3 Å². The molecule has 13 nitrogen and oxygen atoms in total. The van der Waals surface area contributed by atoms with Gasteiger partial charge >= 0.3 is 0 Å². The first-order chi connectivity index (χ1) is 19.3. The molecule has 10 N–H and O–H groups in total. The van der Waals surface area contributed by atoms with Crippen molar-refractivity contribution in [3.63, 3.8) is 0 Å². The number of anilines is 1. The van der Waals surface area contributed by atoms with Crippen LogP contribution in [0.1, 0.15) is 68.2 Å². The van der Waals surface area contributed by atoms with Gasteiger partial charge in [0.15, 0.2) is 0 Å². The lowest BCUT2D eigenvalue weighted by Crippen LogP contribution is -2.11. The van der Waals surface area contributed by atoms with E-state index in [1.165, 1.54) is 27.7 Å². The molecule has 1 aromatic rings. The number of Topliss-reactive ketones (excluding diaryl/α,β-unsaturated/α-hetero) is 1. The van der Waals surface area contributed by atoms with Gasteiger partial charge in [-0.3, -0.25) is 19.2 Å². The van der Waals surface area contributed by atoms with Gasteiger partial charge < -0.3 is 43.1 Å². The zero-order valence-corrected chi connectivity index (χ0v) is 26.8. The third kappa shape index (κ3) is 112. The Bertz CT molecular complexity index is 888. The number of primary amides is 2. The summed E-state index contributed by atoms with van der Waals surface area (Å²) < 4.78 is 0. The lowest BCUT2D eigenvalue weighted by molar-refractivity contribution is -0.119. The van der Waals surface area contributed by atoms with Crippen molar-refractivity contribution >= 4 is 40.9 Å². The molecule has 0 aromatic carbocycles. The summed E-state index contributed by atoms with van der Waals surface area (Å²) in [6.45, 7) is 12.4. The van der Waals surface area contributed by atoms with Gasteiger partial charge in [-0.25, -0.2) is 4.98 Å². The Balaban J connectivity index is -0.0000000891. The van der Waals surface area contributed by atoms with Crippen molar-refractivity contribution < 1.29 is 29.1 Å². The van der Waals surface area contributed by atoms with E-state index in [2.05, 4.69) is 27.1 Å². The van der Waals surface area contributed by atoms with Crippen molar-refractivity contribution in [2.75, 3.05) is 19.8 Å². The predicted molar refractivity (Wildman–Crippen MR) is 172 cm³/mol. The first-order valence-electron chi connectivity index (χ1n) is 12.6. The van der Waals surface area contributed by atoms with E-state index in [0.29, 0.717) is 23.7 Å². The zero-order chi connectivity index (χ0) is 34.5. The number of nitrogens with one attached hydrogen (secondary N) is 3. The molecule has 1 aliphatic carbocycles. The number of hydrogen-bond acceptors (Lipinski definition) is 9. The number of pyridine rings is 1. The molecular formula is C29H53N7O6. The highest BCUT2D eigenvalue weighted by Crippen LogP contribution is 1.95. The van der Waals surface area contributed by atoms with Crippen molar-refractivity contribution in [2.45, 2.75) is 68.2 Å². The molecule has 0 radical (unpaired) electrons. The molecule has 1 heterocycles. The molecule has 0 saturated heterocycles. The van der Waals surface area contributed by atoms with Gasteiger partial charge in [-0.1, -0.05) is 37.3 Å². The van der Waals surface area contributed by atoms with E-state index in [0.717, 1.165) is 6.42 Å². The number of aromatic nitrogens is 1. The number of carbonyl (C=O) groups excluding carboxylic acids is 5. The minimum Gasteiger partial charge on any atom is -0.513 e. The van der Waals surface area contributed by atoms with Crippen LogP contribution >= 0.6 is 0 Å². The van der Waals surface area contributed by atoms with E-state index < -0.39 is 0 Å². The van der Waals surface area contributed by atoms with Gasteiger partial charge in [-0.2, -0.15) is 0 Å². The summed E-state index contributed by atoms with van der Waals surface area (Å²) in [4.78, 5) is 51.4. The van der Waals surface area contributed by atoms with Crippen LogP contribution in [0.15, 0.2) is 60.5 Å². The highest BCUT2D eigenvalue weighted by molar-refractivity contribution is 5.94. The fourth-order valence-corrected chi connectivity index (χ4v) is 0.889. The lowest BCUT2D eigenvalue weighted by atomic mass is 10.2. The summed E-state index contributed by atoms with van der Waals surface area (Å²) in [5.41, 5.74) is 14.9. The smallest absolute Gasteiger partial charge is 0.216 e. The quantitative estimate of drug-likeness (QED) is 0.237. The third-order valence-electron chi connectivity index (χ3n) is 3.19. The molecule has 0 fully saturated rings. The molecule has 1 aliphatic rings. The lowest BCUT2D eigenvalue weighted by Gasteiger charge is -1.92. The van der Waals surface area contributed by atoms with E-state index in [-0.39, 0.29) is 29.4 Å². The third-order valence-corrected chi connectivity index (χ3v) is 3.19. The number of ketones is 1. The number of carbonyl (C=O) groups is 5. The molecule has 13 heteroatoms. The second-order valence-corrected chi connectivity index (χ2v) is 7.59. The number of nitrogens with two attached hydrogens (primary N) is 3. The Morgan fingerprint density at radius 1 is 0.929 bits per heavy atom. The number of nitrogens with zero attached hydrogens (tertiary/aromatic N) is 1. The minimum atomic E-state index is -0.333. The first-order valence-corrected chi connectivity index (χ1v) is 12.6. The number of nitrogen functional groups attached to an aromatic ring is 1. The summed E-state index contributed by atoms with van der Waals surface area (Å²) in [5, 5.41) is 20.1. The Hall–Kier alpha value is -4.81. The molecule has 0 spiro atoms. The van der Waals surface area contributed by atoms with Crippen LogP contribution in [-0.2, 0) is 24.0 Å². The first kappa shape index (κ1) is 50.1. The number of allylic oxidation sites excluding steroid dienone is 6. The SMILES string of the molecule is C/C=C(/C)O.CC(N)=O.CC(N)=O.CCC(C)=O.CNC(C)=O.CNC(C)=O.N=C1C=CC=CC1.Nc1ccccn1. The van der Waals surface area contributed by atoms with Gasteiger partial charge in [0.05, 0.1) is 5.76 Å². The Morgan fingerprint density at radius 3 is 1.38 bits per heavy atom. The summed E-state index contributed by atoms with van der Waals surface area (Å²) in [6, 6.07) is 5.43. The summed E-state index contributed by atoms with van der Waals surface area (Å²) in [7, 11) is 3.20. The molecular weight excluding hydrogens is 542 g/mol. The molecule has 240 valence electrons. The molecule has 2 rings (SSSR count). The molecule has 42 heavy (non-hydrogen) atoms. The van der Waals surface area contributed by atoms with E-state index in [4.69, 9.17) is 16.2 Å². The molecule has 0 saturated carbocycles. The van der Waals surface area contributed by atoms with Gasteiger partial charge in [0, 0.05) is 66.5 Å². The maximum absolute atomic E-state index is 9.81. The molecule has 1 aromatic heterocycles. The Kier molecular flexibility index (Phi) is 48.5. The molecule has 0 bridgehead atoms. The Morgan fingerprint density at radius 2 is 1.29 bits per heavy atom. The number of amides is 4. The van der Waals surface area contributed by atoms with Crippen molar-refractivity contribution in [2.24, 2.45) is 11.5 Å². The molecule has 0 unspecified atom stereocenters. The van der Waals surface area contributed by atoms with Crippen LogP contribution in [-0.4, -0.2) is 59.3 Å². The predicted octanol–water partition coefficient (Wildman–Crippen LogP) is 3.13. The summed E-state index contributed by atoms with van der Waals surface area (Å²) >= 11 is 0.